The van der Waals surface area contributed by atoms with Gasteiger partial charge in [-0.3, -0.25) is 0 Å². The second kappa shape index (κ2) is 4.11. The van der Waals surface area contributed by atoms with Gasteiger partial charge in [0.15, 0.2) is 0 Å². The summed E-state index contributed by atoms with van der Waals surface area (Å²) in [6.45, 7) is 1.89. The lowest BCUT2D eigenvalue weighted by Gasteiger charge is -2.09. The third kappa shape index (κ3) is 2.42. The van der Waals surface area contributed by atoms with Crippen molar-refractivity contribution in [2.45, 2.75) is 25.5 Å². The van der Waals surface area contributed by atoms with Crippen molar-refractivity contribution in [1.29, 1.82) is 0 Å². The normalized spacial score (nSPS) is 25.1. The van der Waals surface area contributed by atoms with E-state index in [1.807, 2.05) is 19.1 Å². The van der Waals surface area contributed by atoms with Crippen LogP contribution in [0.3, 0.4) is 0 Å². The third-order valence-electron chi connectivity index (χ3n) is 2.35. The van der Waals surface area contributed by atoms with Crippen LogP contribution in [0.15, 0.2) is 24.3 Å². The van der Waals surface area contributed by atoms with E-state index >= 15 is 0 Å². The van der Waals surface area contributed by atoms with Crippen molar-refractivity contribution in [2.75, 3.05) is 5.32 Å². The molecule has 1 heterocycles. The lowest BCUT2D eigenvalue weighted by molar-refractivity contribution is -0.141. The molecule has 3 nitrogen and oxygen atoms in total. The minimum Gasteiger partial charge on any atom is -0.461 e. The van der Waals surface area contributed by atoms with E-state index in [0.717, 1.165) is 5.69 Å². The smallest absolute Gasteiger partial charge is 0.328 e. The molecule has 0 aliphatic carbocycles. The molecular formula is C11H12ClNO2. The molecule has 1 saturated heterocycles. The molecule has 1 N–H and O–H groups in total. The van der Waals surface area contributed by atoms with Crippen LogP contribution in [0.1, 0.15) is 13.3 Å². The van der Waals surface area contributed by atoms with Crippen molar-refractivity contribution in [3.63, 3.8) is 0 Å². The zero-order valence-electron chi connectivity index (χ0n) is 8.37. The quantitative estimate of drug-likeness (QED) is 0.786. The molecule has 15 heavy (non-hydrogen) atoms. The van der Waals surface area contributed by atoms with Gasteiger partial charge in [-0.15, -0.1) is 0 Å². The van der Waals surface area contributed by atoms with Gasteiger partial charge in [-0.1, -0.05) is 11.6 Å². The minimum atomic E-state index is -0.235. The van der Waals surface area contributed by atoms with Crippen LogP contribution in [0, 0.1) is 0 Å². The van der Waals surface area contributed by atoms with Crippen LogP contribution in [0.2, 0.25) is 5.02 Å². The summed E-state index contributed by atoms with van der Waals surface area (Å²) in [7, 11) is 0. The van der Waals surface area contributed by atoms with Crippen LogP contribution in [0.4, 0.5) is 5.69 Å². The summed E-state index contributed by atoms with van der Waals surface area (Å²) in [6.07, 6.45) is 0.712. The molecule has 0 amide bonds. The van der Waals surface area contributed by atoms with Crippen LogP contribution >= 0.6 is 11.6 Å². The molecule has 2 rings (SSSR count). The van der Waals surface area contributed by atoms with Gasteiger partial charge in [0.1, 0.15) is 12.1 Å². The number of halogens is 1. The maximum Gasteiger partial charge on any atom is 0.328 e. The lowest BCUT2D eigenvalue weighted by atomic mass is 10.2. The van der Waals surface area contributed by atoms with E-state index in [0.29, 0.717) is 11.4 Å². The zero-order valence-corrected chi connectivity index (χ0v) is 9.12. The topological polar surface area (TPSA) is 38.3 Å². The number of rotatable bonds is 2. The number of benzene rings is 1. The highest BCUT2D eigenvalue weighted by molar-refractivity contribution is 6.30. The first-order valence-corrected chi connectivity index (χ1v) is 5.25. The Hall–Kier alpha value is -1.22. The summed E-state index contributed by atoms with van der Waals surface area (Å²) in [5.74, 6) is -0.183. The van der Waals surface area contributed by atoms with E-state index in [4.69, 9.17) is 16.3 Å². The van der Waals surface area contributed by atoms with Gasteiger partial charge in [0.2, 0.25) is 0 Å². The summed E-state index contributed by atoms with van der Waals surface area (Å²) in [5.41, 5.74) is 0.885. The lowest BCUT2D eigenvalue weighted by Crippen LogP contribution is -2.24. The van der Waals surface area contributed by atoms with Crippen LogP contribution in [0.5, 0.6) is 0 Å². The van der Waals surface area contributed by atoms with E-state index in [-0.39, 0.29) is 18.1 Å². The van der Waals surface area contributed by atoms with Crippen molar-refractivity contribution in [1.82, 2.24) is 0 Å². The Kier molecular flexibility index (Phi) is 2.82. The summed E-state index contributed by atoms with van der Waals surface area (Å²) in [6, 6.07) is 7.03. The SMILES string of the molecule is CC1CC(Nc2ccc(Cl)cc2)C(=O)O1. The number of esters is 1. The van der Waals surface area contributed by atoms with Crippen molar-refractivity contribution < 1.29 is 9.53 Å². The van der Waals surface area contributed by atoms with E-state index < -0.39 is 0 Å². The Balaban J connectivity index is 2.03. The molecule has 1 aromatic rings. The largest absolute Gasteiger partial charge is 0.461 e. The molecule has 2 atom stereocenters. The molecule has 1 aromatic carbocycles. The van der Waals surface area contributed by atoms with Gasteiger partial charge in [-0.25, -0.2) is 4.79 Å². The highest BCUT2D eigenvalue weighted by atomic mass is 35.5. The molecule has 80 valence electrons. The molecule has 0 spiro atoms. The molecule has 1 fully saturated rings. The first-order chi connectivity index (χ1) is 7.15. The monoisotopic (exact) mass is 225 g/mol. The molecule has 1 aliphatic rings. The minimum absolute atomic E-state index is 0.00213. The number of hydrogen-bond acceptors (Lipinski definition) is 3. The van der Waals surface area contributed by atoms with Gasteiger partial charge < -0.3 is 10.1 Å². The van der Waals surface area contributed by atoms with Gasteiger partial charge in [-0.2, -0.15) is 0 Å². The van der Waals surface area contributed by atoms with Crippen LogP contribution in [0.25, 0.3) is 0 Å². The van der Waals surface area contributed by atoms with Gasteiger partial charge in [0.05, 0.1) is 0 Å². The maximum atomic E-state index is 11.3. The summed E-state index contributed by atoms with van der Waals surface area (Å²) in [4.78, 5) is 11.3. The van der Waals surface area contributed by atoms with E-state index in [9.17, 15) is 4.79 Å². The Labute approximate surface area is 93.4 Å². The van der Waals surface area contributed by atoms with E-state index in [2.05, 4.69) is 5.32 Å². The fourth-order valence-corrected chi connectivity index (χ4v) is 1.75. The van der Waals surface area contributed by atoms with Crippen LogP contribution in [-0.4, -0.2) is 18.1 Å². The number of hydrogen-bond donors (Lipinski definition) is 1. The Morgan fingerprint density at radius 1 is 1.40 bits per heavy atom. The maximum absolute atomic E-state index is 11.3. The molecule has 0 saturated carbocycles. The number of carbonyl (C=O) groups excluding carboxylic acids is 1. The Morgan fingerprint density at radius 3 is 2.60 bits per heavy atom. The van der Waals surface area contributed by atoms with Gasteiger partial charge >= 0.3 is 5.97 Å². The van der Waals surface area contributed by atoms with Crippen LogP contribution < -0.4 is 5.32 Å². The van der Waals surface area contributed by atoms with Gasteiger partial charge in [0.25, 0.3) is 0 Å². The zero-order chi connectivity index (χ0) is 10.8. The molecular weight excluding hydrogens is 214 g/mol. The first kappa shape index (κ1) is 10.3. The molecule has 1 aliphatic heterocycles. The Bertz CT molecular complexity index is 363. The molecule has 0 bridgehead atoms. The van der Waals surface area contributed by atoms with Gasteiger partial charge in [0, 0.05) is 17.1 Å². The third-order valence-corrected chi connectivity index (χ3v) is 2.61. The Morgan fingerprint density at radius 2 is 2.07 bits per heavy atom. The highest BCUT2D eigenvalue weighted by Gasteiger charge is 2.31. The van der Waals surface area contributed by atoms with Crippen molar-refractivity contribution in [3.8, 4) is 0 Å². The van der Waals surface area contributed by atoms with Gasteiger partial charge in [-0.05, 0) is 31.2 Å². The summed E-state index contributed by atoms with van der Waals surface area (Å²) < 4.78 is 5.04. The fourth-order valence-electron chi connectivity index (χ4n) is 1.62. The van der Waals surface area contributed by atoms with E-state index in [1.165, 1.54) is 0 Å². The molecule has 0 radical (unpaired) electrons. The number of cyclic esters (lactones) is 1. The fraction of sp³-hybridized carbons (Fsp3) is 0.364. The predicted molar refractivity (Wildman–Crippen MR) is 59.0 cm³/mol. The van der Waals surface area contributed by atoms with Crippen molar-refractivity contribution in [3.05, 3.63) is 29.3 Å². The highest BCUT2D eigenvalue weighted by Crippen LogP contribution is 2.20. The van der Waals surface area contributed by atoms with E-state index in [1.54, 1.807) is 12.1 Å². The number of carbonyl (C=O) groups is 1. The number of anilines is 1. The standard InChI is InChI=1S/C11H12ClNO2/c1-7-6-10(11(14)15-7)13-9-4-2-8(12)3-5-9/h2-5,7,10,13H,6H2,1H3. The summed E-state index contributed by atoms with van der Waals surface area (Å²) >= 11 is 5.76. The molecule has 0 aromatic heterocycles. The first-order valence-electron chi connectivity index (χ1n) is 4.88. The second-order valence-electron chi connectivity index (χ2n) is 3.69. The number of ether oxygens (including phenoxy) is 1. The average molecular weight is 226 g/mol. The molecule has 4 heteroatoms. The van der Waals surface area contributed by atoms with Crippen molar-refractivity contribution in [2.24, 2.45) is 0 Å². The summed E-state index contributed by atoms with van der Waals surface area (Å²) in [5, 5.41) is 3.80. The molecule has 2 unspecified atom stereocenters. The number of nitrogens with one attached hydrogen (secondary N) is 1. The van der Waals surface area contributed by atoms with Crippen molar-refractivity contribution >= 4 is 23.3 Å². The average Bonchev–Trinajstić information content (AvgIpc) is 2.49. The predicted octanol–water partition coefficient (Wildman–Crippen LogP) is 2.46. The van der Waals surface area contributed by atoms with Crippen LogP contribution in [-0.2, 0) is 9.53 Å². The second-order valence-corrected chi connectivity index (χ2v) is 4.12.